The van der Waals surface area contributed by atoms with Crippen LogP contribution in [0.3, 0.4) is 0 Å². The molecule has 0 radical (unpaired) electrons. The summed E-state index contributed by atoms with van der Waals surface area (Å²) in [6.07, 6.45) is 1.37. The van der Waals surface area contributed by atoms with Crippen molar-refractivity contribution in [1.29, 1.82) is 0 Å². The minimum atomic E-state index is -1.04. The molecular formula is C17H27IN4O2S. The number of likely N-dealkylation sites (N-methyl/N-ethyl adjacent to an activating group) is 1. The SMILES string of the molecule is CCNC(=NCCS(=O)c1ccccc1)NC1CCC(=O)N(C)C1.I. The predicted molar refractivity (Wildman–Crippen MR) is 113 cm³/mol. The number of hydrogen-bond acceptors (Lipinski definition) is 3. The molecular weight excluding hydrogens is 451 g/mol. The van der Waals surface area contributed by atoms with Gasteiger partial charge >= 0.3 is 0 Å². The second-order valence-electron chi connectivity index (χ2n) is 5.78. The Morgan fingerprint density at radius 1 is 1.36 bits per heavy atom. The van der Waals surface area contributed by atoms with E-state index in [9.17, 15) is 9.00 Å². The van der Waals surface area contributed by atoms with Gasteiger partial charge in [-0.1, -0.05) is 18.2 Å². The minimum Gasteiger partial charge on any atom is -0.357 e. The van der Waals surface area contributed by atoms with E-state index in [0.717, 1.165) is 23.8 Å². The van der Waals surface area contributed by atoms with Gasteiger partial charge in [0, 0.05) is 43.2 Å². The largest absolute Gasteiger partial charge is 0.357 e. The first-order valence-electron chi connectivity index (χ1n) is 8.32. The maximum Gasteiger partial charge on any atom is 0.222 e. The second kappa shape index (κ2) is 11.5. The highest BCUT2D eigenvalue weighted by atomic mass is 127. The molecule has 1 saturated heterocycles. The zero-order valence-electron chi connectivity index (χ0n) is 14.7. The van der Waals surface area contributed by atoms with E-state index in [1.807, 2.05) is 44.3 Å². The van der Waals surface area contributed by atoms with Crippen molar-refractivity contribution >= 4 is 46.6 Å². The van der Waals surface area contributed by atoms with Crippen molar-refractivity contribution in [2.45, 2.75) is 30.7 Å². The average Bonchev–Trinajstić information content (AvgIpc) is 2.59. The van der Waals surface area contributed by atoms with Crippen LogP contribution in [0.1, 0.15) is 19.8 Å². The summed E-state index contributed by atoms with van der Waals surface area (Å²) in [5.41, 5.74) is 0. The molecule has 1 aliphatic heterocycles. The van der Waals surface area contributed by atoms with Gasteiger partial charge in [-0.3, -0.25) is 14.0 Å². The summed E-state index contributed by atoms with van der Waals surface area (Å²) in [4.78, 5) is 18.6. The fourth-order valence-electron chi connectivity index (χ4n) is 2.57. The van der Waals surface area contributed by atoms with Gasteiger partial charge in [0.25, 0.3) is 0 Å². The van der Waals surface area contributed by atoms with E-state index in [0.29, 0.717) is 25.3 Å². The summed E-state index contributed by atoms with van der Waals surface area (Å²) in [6.45, 7) is 3.93. The monoisotopic (exact) mass is 478 g/mol. The van der Waals surface area contributed by atoms with E-state index in [2.05, 4.69) is 15.6 Å². The molecule has 6 nitrogen and oxygen atoms in total. The number of guanidine groups is 1. The highest BCUT2D eigenvalue weighted by Gasteiger charge is 2.23. The number of aliphatic imine (C=N–C) groups is 1. The number of hydrogen-bond donors (Lipinski definition) is 2. The average molecular weight is 478 g/mol. The number of nitrogens with zero attached hydrogens (tertiary/aromatic N) is 2. The van der Waals surface area contributed by atoms with Crippen LogP contribution in [-0.2, 0) is 15.6 Å². The third kappa shape index (κ3) is 7.31. The molecule has 0 spiro atoms. The van der Waals surface area contributed by atoms with Gasteiger partial charge < -0.3 is 15.5 Å². The summed E-state index contributed by atoms with van der Waals surface area (Å²) in [7, 11) is 0.786. The number of nitrogens with one attached hydrogen (secondary N) is 2. The summed E-state index contributed by atoms with van der Waals surface area (Å²) < 4.78 is 12.2. The summed E-state index contributed by atoms with van der Waals surface area (Å²) in [5, 5.41) is 6.57. The van der Waals surface area contributed by atoms with Crippen molar-refractivity contribution in [3.63, 3.8) is 0 Å². The lowest BCUT2D eigenvalue weighted by Gasteiger charge is -2.31. The molecule has 0 aromatic heterocycles. The number of halogens is 1. The van der Waals surface area contributed by atoms with Crippen LogP contribution in [-0.4, -0.2) is 59.5 Å². The predicted octanol–water partition coefficient (Wildman–Crippen LogP) is 1.59. The van der Waals surface area contributed by atoms with Gasteiger partial charge in [0.15, 0.2) is 5.96 Å². The van der Waals surface area contributed by atoms with Crippen molar-refractivity contribution in [2.75, 3.05) is 32.4 Å². The fraction of sp³-hybridized carbons (Fsp3) is 0.529. The highest BCUT2D eigenvalue weighted by molar-refractivity contribution is 14.0. The van der Waals surface area contributed by atoms with Gasteiger partial charge in [0.1, 0.15) is 0 Å². The molecule has 2 N–H and O–H groups in total. The lowest BCUT2D eigenvalue weighted by atomic mass is 10.1. The lowest BCUT2D eigenvalue weighted by Crippen LogP contribution is -2.51. The molecule has 1 fully saturated rings. The molecule has 0 bridgehead atoms. The van der Waals surface area contributed by atoms with E-state index < -0.39 is 10.8 Å². The number of carbonyl (C=O) groups excluding carboxylic acids is 1. The van der Waals surface area contributed by atoms with Crippen LogP contribution in [0.2, 0.25) is 0 Å². The maximum absolute atomic E-state index is 12.2. The van der Waals surface area contributed by atoms with E-state index in [1.54, 1.807) is 4.90 Å². The molecule has 0 aliphatic carbocycles. The van der Waals surface area contributed by atoms with Crippen LogP contribution in [0.5, 0.6) is 0 Å². The smallest absolute Gasteiger partial charge is 0.222 e. The number of amides is 1. The van der Waals surface area contributed by atoms with E-state index in [-0.39, 0.29) is 35.9 Å². The lowest BCUT2D eigenvalue weighted by molar-refractivity contribution is -0.132. The molecule has 1 amide bonds. The molecule has 25 heavy (non-hydrogen) atoms. The molecule has 2 rings (SSSR count). The molecule has 2 atom stereocenters. The van der Waals surface area contributed by atoms with Gasteiger partial charge in [-0.05, 0) is 25.5 Å². The summed E-state index contributed by atoms with van der Waals surface area (Å²) >= 11 is 0. The zero-order chi connectivity index (χ0) is 17.4. The van der Waals surface area contributed by atoms with Crippen molar-refractivity contribution in [2.24, 2.45) is 4.99 Å². The first-order valence-corrected chi connectivity index (χ1v) is 9.64. The quantitative estimate of drug-likeness (QED) is 0.370. The topological polar surface area (TPSA) is 73.8 Å². The highest BCUT2D eigenvalue weighted by Crippen LogP contribution is 2.09. The molecule has 0 saturated carbocycles. The first-order chi connectivity index (χ1) is 11.6. The molecule has 1 heterocycles. The summed E-state index contributed by atoms with van der Waals surface area (Å²) in [6, 6.07) is 9.64. The molecule has 1 aromatic carbocycles. The van der Waals surface area contributed by atoms with Crippen molar-refractivity contribution < 1.29 is 9.00 Å². The first kappa shape index (κ1) is 21.9. The van der Waals surface area contributed by atoms with Gasteiger partial charge in [0.05, 0.1) is 17.3 Å². The van der Waals surface area contributed by atoms with Crippen LogP contribution >= 0.6 is 24.0 Å². The van der Waals surface area contributed by atoms with Crippen LogP contribution in [0, 0.1) is 0 Å². The number of carbonyl (C=O) groups is 1. The second-order valence-corrected chi connectivity index (χ2v) is 7.35. The van der Waals surface area contributed by atoms with E-state index in [4.69, 9.17) is 0 Å². The third-order valence-corrected chi connectivity index (χ3v) is 5.22. The number of benzene rings is 1. The van der Waals surface area contributed by atoms with Crippen LogP contribution in [0.25, 0.3) is 0 Å². The van der Waals surface area contributed by atoms with Gasteiger partial charge in [-0.25, -0.2) is 0 Å². The molecule has 2 unspecified atom stereocenters. The van der Waals surface area contributed by atoms with Gasteiger partial charge in [0.2, 0.25) is 5.91 Å². The van der Waals surface area contributed by atoms with Crippen LogP contribution < -0.4 is 10.6 Å². The Bertz CT molecular complexity index is 598. The molecule has 1 aliphatic rings. The standard InChI is InChI=1S/C17H26N4O2S.HI/c1-3-18-17(20-14-9-10-16(22)21(2)13-14)19-11-12-24(23)15-7-5-4-6-8-15;/h4-8,14H,3,9-13H2,1-2H3,(H2,18,19,20);1H. The van der Waals surface area contributed by atoms with Crippen molar-refractivity contribution in [3.8, 4) is 0 Å². The number of likely N-dealkylation sites (tertiary alicyclic amines) is 1. The number of piperidine rings is 1. The Balaban J connectivity index is 0.00000312. The maximum atomic E-state index is 12.2. The molecule has 140 valence electrons. The number of rotatable bonds is 6. The fourth-order valence-corrected chi connectivity index (χ4v) is 3.53. The Hall–Kier alpha value is -1.16. The molecule has 1 aromatic rings. The Morgan fingerprint density at radius 2 is 2.08 bits per heavy atom. The zero-order valence-corrected chi connectivity index (χ0v) is 17.9. The minimum absolute atomic E-state index is 0. The van der Waals surface area contributed by atoms with Crippen molar-refractivity contribution in [3.05, 3.63) is 30.3 Å². The Kier molecular flexibility index (Phi) is 10.0. The van der Waals surface area contributed by atoms with Gasteiger partial charge in [-0.15, -0.1) is 24.0 Å². The summed E-state index contributed by atoms with van der Waals surface area (Å²) in [5.74, 6) is 1.40. The Morgan fingerprint density at radius 3 is 2.72 bits per heavy atom. The molecule has 8 heteroatoms. The van der Waals surface area contributed by atoms with E-state index >= 15 is 0 Å². The van der Waals surface area contributed by atoms with E-state index in [1.165, 1.54) is 0 Å². The normalized spacial score (nSPS) is 19.1. The Labute approximate surface area is 169 Å². The van der Waals surface area contributed by atoms with Gasteiger partial charge in [-0.2, -0.15) is 0 Å². The van der Waals surface area contributed by atoms with Crippen LogP contribution in [0.4, 0.5) is 0 Å². The van der Waals surface area contributed by atoms with Crippen LogP contribution in [0.15, 0.2) is 40.2 Å². The van der Waals surface area contributed by atoms with Crippen molar-refractivity contribution in [1.82, 2.24) is 15.5 Å². The third-order valence-electron chi connectivity index (χ3n) is 3.86.